The molecule has 0 amide bonds. The van der Waals surface area contributed by atoms with Crippen molar-refractivity contribution in [3.63, 3.8) is 0 Å². The summed E-state index contributed by atoms with van der Waals surface area (Å²) < 4.78 is 0. The monoisotopic (exact) mass is 140 g/mol. The van der Waals surface area contributed by atoms with Crippen molar-refractivity contribution in [1.82, 2.24) is 5.01 Å². The fraction of sp³-hybridized carbons (Fsp3) is 0.875. The number of hydrazone groups is 1. The van der Waals surface area contributed by atoms with Crippen LogP contribution in [0.3, 0.4) is 0 Å². The maximum Gasteiger partial charge on any atom is 0.0565 e. The Balaban J connectivity index is 2.60. The fourth-order valence-electron chi connectivity index (χ4n) is 1.42. The molecule has 0 fully saturated rings. The molecule has 0 aromatic heterocycles. The van der Waals surface area contributed by atoms with Crippen LogP contribution in [0.25, 0.3) is 0 Å². The second kappa shape index (κ2) is 2.26. The van der Waals surface area contributed by atoms with Gasteiger partial charge in [0.25, 0.3) is 0 Å². The van der Waals surface area contributed by atoms with Crippen LogP contribution >= 0.6 is 0 Å². The Labute approximate surface area is 62.9 Å². The van der Waals surface area contributed by atoms with E-state index in [4.69, 9.17) is 0 Å². The second-order valence-electron chi connectivity index (χ2n) is 3.99. The molecular weight excluding hydrogens is 124 g/mol. The molecule has 0 aliphatic carbocycles. The molecule has 0 aromatic rings. The maximum atomic E-state index is 4.19. The van der Waals surface area contributed by atoms with E-state index >= 15 is 0 Å². The van der Waals surface area contributed by atoms with Crippen LogP contribution in [0.5, 0.6) is 0 Å². The van der Waals surface area contributed by atoms with Crippen LogP contribution in [0.2, 0.25) is 0 Å². The van der Waals surface area contributed by atoms with Crippen LogP contribution < -0.4 is 0 Å². The molecule has 2 nitrogen and oxygen atoms in total. The van der Waals surface area contributed by atoms with Crippen molar-refractivity contribution >= 4 is 6.21 Å². The Morgan fingerprint density at radius 1 is 1.50 bits per heavy atom. The van der Waals surface area contributed by atoms with Crippen LogP contribution in [0.15, 0.2) is 5.10 Å². The lowest BCUT2D eigenvalue weighted by Crippen LogP contribution is -2.35. The Hall–Kier alpha value is -0.530. The van der Waals surface area contributed by atoms with E-state index in [1.54, 1.807) is 0 Å². The van der Waals surface area contributed by atoms with Gasteiger partial charge >= 0.3 is 0 Å². The van der Waals surface area contributed by atoms with E-state index in [1.807, 2.05) is 13.3 Å². The minimum atomic E-state index is 0.352. The minimum Gasteiger partial charge on any atom is -0.296 e. The molecule has 0 aromatic carbocycles. The summed E-state index contributed by atoms with van der Waals surface area (Å²) >= 11 is 0. The van der Waals surface area contributed by atoms with Crippen LogP contribution in [-0.4, -0.2) is 24.3 Å². The predicted octanol–water partition coefficient (Wildman–Crippen LogP) is 1.72. The molecular formula is C8H16N2. The molecule has 0 bridgehead atoms. The third kappa shape index (κ3) is 1.31. The van der Waals surface area contributed by atoms with E-state index in [1.165, 1.54) is 0 Å². The number of nitrogens with zero attached hydrogens (tertiary/aromatic N) is 2. The summed E-state index contributed by atoms with van der Waals surface area (Å²) in [7, 11) is 2.04. The predicted molar refractivity (Wildman–Crippen MR) is 44.1 cm³/mol. The van der Waals surface area contributed by atoms with Crippen molar-refractivity contribution in [3.8, 4) is 0 Å². The van der Waals surface area contributed by atoms with E-state index in [0.717, 1.165) is 6.42 Å². The highest BCUT2D eigenvalue weighted by molar-refractivity contribution is 5.60. The summed E-state index contributed by atoms with van der Waals surface area (Å²) in [6.45, 7) is 6.76. The molecule has 1 atom stereocenters. The SMILES string of the molecule is CN1N=CC[C@H]1C(C)(C)C. The summed E-state index contributed by atoms with van der Waals surface area (Å²) in [5.74, 6) is 0. The standard InChI is InChI=1S/C8H16N2/c1-8(2,3)7-5-6-9-10(7)4/h6-7H,5H2,1-4H3/t7-/m0/s1. The highest BCUT2D eigenvalue weighted by Crippen LogP contribution is 2.27. The first-order chi connectivity index (χ1) is 4.52. The molecule has 0 unspecified atom stereocenters. The van der Waals surface area contributed by atoms with Crippen molar-refractivity contribution in [3.05, 3.63) is 0 Å². The molecule has 1 aliphatic heterocycles. The first-order valence-electron chi connectivity index (χ1n) is 3.77. The lowest BCUT2D eigenvalue weighted by atomic mass is 9.85. The molecule has 1 aliphatic rings. The zero-order valence-electron chi connectivity index (χ0n) is 7.26. The Bertz CT molecular complexity index is 144. The first-order valence-corrected chi connectivity index (χ1v) is 3.77. The molecule has 10 heavy (non-hydrogen) atoms. The minimum absolute atomic E-state index is 0.352. The van der Waals surface area contributed by atoms with E-state index < -0.39 is 0 Å². The van der Waals surface area contributed by atoms with Gasteiger partial charge in [-0.2, -0.15) is 5.10 Å². The largest absolute Gasteiger partial charge is 0.296 e. The molecule has 1 heterocycles. The van der Waals surface area contributed by atoms with Gasteiger partial charge in [-0.15, -0.1) is 0 Å². The third-order valence-corrected chi connectivity index (χ3v) is 2.04. The van der Waals surface area contributed by atoms with Gasteiger partial charge in [-0.25, -0.2) is 0 Å². The van der Waals surface area contributed by atoms with Crippen LogP contribution in [-0.2, 0) is 0 Å². The quantitative estimate of drug-likeness (QED) is 0.500. The molecule has 1 rings (SSSR count). The summed E-state index contributed by atoms with van der Waals surface area (Å²) in [6.07, 6.45) is 3.09. The van der Waals surface area contributed by atoms with E-state index in [0.29, 0.717) is 11.5 Å². The number of hydrogen-bond acceptors (Lipinski definition) is 2. The van der Waals surface area contributed by atoms with Crippen LogP contribution in [0.1, 0.15) is 27.2 Å². The van der Waals surface area contributed by atoms with Gasteiger partial charge in [-0.3, -0.25) is 5.01 Å². The Morgan fingerprint density at radius 3 is 2.30 bits per heavy atom. The average molecular weight is 140 g/mol. The molecule has 2 heteroatoms. The van der Waals surface area contributed by atoms with Gasteiger partial charge < -0.3 is 0 Å². The average Bonchev–Trinajstić information content (AvgIpc) is 2.11. The zero-order chi connectivity index (χ0) is 7.78. The van der Waals surface area contributed by atoms with Gasteiger partial charge in [-0.05, 0) is 5.41 Å². The van der Waals surface area contributed by atoms with Gasteiger partial charge in [0.05, 0.1) is 6.04 Å². The highest BCUT2D eigenvalue weighted by Gasteiger charge is 2.29. The summed E-state index contributed by atoms with van der Waals surface area (Å²) in [5, 5.41) is 6.25. The van der Waals surface area contributed by atoms with Crippen molar-refractivity contribution in [2.24, 2.45) is 10.5 Å². The Morgan fingerprint density at radius 2 is 2.10 bits per heavy atom. The normalized spacial score (nSPS) is 26.0. The second-order valence-corrected chi connectivity index (χ2v) is 3.99. The third-order valence-electron chi connectivity index (χ3n) is 2.04. The molecule has 0 N–H and O–H groups in total. The van der Waals surface area contributed by atoms with E-state index in [9.17, 15) is 0 Å². The number of hydrogen-bond donors (Lipinski definition) is 0. The topological polar surface area (TPSA) is 15.6 Å². The molecule has 58 valence electrons. The number of rotatable bonds is 0. The van der Waals surface area contributed by atoms with Crippen LogP contribution in [0, 0.1) is 5.41 Å². The first kappa shape index (κ1) is 7.58. The van der Waals surface area contributed by atoms with E-state index in [2.05, 4.69) is 30.9 Å². The van der Waals surface area contributed by atoms with Gasteiger partial charge in [0.1, 0.15) is 0 Å². The van der Waals surface area contributed by atoms with Crippen molar-refractivity contribution in [1.29, 1.82) is 0 Å². The smallest absolute Gasteiger partial charge is 0.0565 e. The lowest BCUT2D eigenvalue weighted by molar-refractivity contribution is 0.153. The fourth-order valence-corrected chi connectivity index (χ4v) is 1.42. The van der Waals surface area contributed by atoms with Gasteiger partial charge in [-0.1, -0.05) is 20.8 Å². The maximum absolute atomic E-state index is 4.19. The van der Waals surface area contributed by atoms with E-state index in [-0.39, 0.29) is 0 Å². The molecule has 0 saturated carbocycles. The van der Waals surface area contributed by atoms with Gasteiger partial charge in [0, 0.05) is 19.7 Å². The zero-order valence-corrected chi connectivity index (χ0v) is 7.26. The van der Waals surface area contributed by atoms with Gasteiger partial charge in [0.2, 0.25) is 0 Å². The molecule has 0 radical (unpaired) electrons. The highest BCUT2D eigenvalue weighted by atomic mass is 15.5. The van der Waals surface area contributed by atoms with Gasteiger partial charge in [0.15, 0.2) is 0 Å². The molecule has 0 saturated heterocycles. The summed E-state index contributed by atoms with van der Waals surface area (Å²) in [5.41, 5.74) is 0.352. The lowest BCUT2D eigenvalue weighted by Gasteiger charge is -2.31. The summed E-state index contributed by atoms with van der Waals surface area (Å²) in [6, 6.07) is 0.590. The van der Waals surface area contributed by atoms with Crippen molar-refractivity contribution in [2.45, 2.75) is 33.2 Å². The van der Waals surface area contributed by atoms with Crippen LogP contribution in [0.4, 0.5) is 0 Å². The Kier molecular flexibility index (Phi) is 1.71. The van der Waals surface area contributed by atoms with Crippen molar-refractivity contribution in [2.75, 3.05) is 7.05 Å². The molecule has 0 spiro atoms. The van der Waals surface area contributed by atoms with Crippen molar-refractivity contribution < 1.29 is 0 Å². The summed E-state index contributed by atoms with van der Waals surface area (Å²) in [4.78, 5) is 0.